The molecule has 2 aromatic rings. The van der Waals surface area contributed by atoms with Gasteiger partial charge in [0.15, 0.2) is 11.5 Å². The van der Waals surface area contributed by atoms with Crippen molar-refractivity contribution >= 4 is 11.6 Å². The highest BCUT2D eigenvalue weighted by Crippen LogP contribution is 2.32. The smallest absolute Gasteiger partial charge is 0.231 e. The monoisotopic (exact) mass is 293 g/mol. The third kappa shape index (κ3) is 2.71. The lowest BCUT2D eigenvalue weighted by Gasteiger charge is -2.08. The molecule has 0 aliphatic carbocycles. The van der Waals surface area contributed by atoms with Crippen molar-refractivity contribution in [1.82, 2.24) is 5.32 Å². The first-order valence-electron chi connectivity index (χ1n) is 6.26. The Balaban J connectivity index is 1.61. The Bertz CT molecular complexity index is 633. The fourth-order valence-electron chi connectivity index (χ4n) is 2.08. The van der Waals surface area contributed by atoms with Crippen molar-refractivity contribution in [2.24, 2.45) is 0 Å². The van der Waals surface area contributed by atoms with E-state index in [2.05, 4.69) is 5.32 Å². The second-order valence-electron chi connectivity index (χ2n) is 4.50. The lowest BCUT2D eigenvalue weighted by molar-refractivity contribution is 0.174. The molecule has 0 spiro atoms. The maximum atomic E-state index is 13.3. The van der Waals surface area contributed by atoms with Gasteiger partial charge in [-0.25, -0.2) is 4.39 Å². The van der Waals surface area contributed by atoms with E-state index in [9.17, 15) is 4.39 Å². The molecule has 1 N–H and O–H groups in total. The third-order valence-electron chi connectivity index (χ3n) is 3.11. The van der Waals surface area contributed by atoms with Crippen molar-refractivity contribution in [3.8, 4) is 11.5 Å². The fourth-order valence-corrected chi connectivity index (χ4v) is 2.27. The molecule has 0 fully saturated rings. The maximum absolute atomic E-state index is 13.3. The molecule has 0 unspecified atom stereocenters. The predicted octanol–water partition coefficient (Wildman–Crippen LogP) is 3.50. The van der Waals surface area contributed by atoms with Crippen LogP contribution < -0.4 is 14.8 Å². The minimum Gasteiger partial charge on any atom is -0.454 e. The Morgan fingerprint density at radius 1 is 1.10 bits per heavy atom. The molecule has 3 nitrogen and oxygen atoms in total. The third-order valence-corrected chi connectivity index (χ3v) is 3.54. The summed E-state index contributed by atoms with van der Waals surface area (Å²) in [6, 6.07) is 10.6. The lowest BCUT2D eigenvalue weighted by Crippen LogP contribution is -2.13. The largest absolute Gasteiger partial charge is 0.454 e. The first kappa shape index (κ1) is 13.2. The van der Waals surface area contributed by atoms with E-state index in [0.29, 0.717) is 13.1 Å². The van der Waals surface area contributed by atoms with Crippen molar-refractivity contribution in [1.29, 1.82) is 0 Å². The summed E-state index contributed by atoms with van der Waals surface area (Å²) in [7, 11) is 0. The van der Waals surface area contributed by atoms with Crippen LogP contribution in [-0.2, 0) is 13.1 Å². The number of hydrogen-bond acceptors (Lipinski definition) is 3. The summed E-state index contributed by atoms with van der Waals surface area (Å²) in [6.45, 7) is 1.42. The van der Waals surface area contributed by atoms with Crippen LogP contribution in [0.3, 0.4) is 0 Å². The molecule has 1 aliphatic rings. The van der Waals surface area contributed by atoms with Gasteiger partial charge in [0.05, 0.1) is 5.02 Å². The highest BCUT2D eigenvalue weighted by atomic mass is 35.5. The van der Waals surface area contributed by atoms with Gasteiger partial charge in [-0.15, -0.1) is 0 Å². The van der Waals surface area contributed by atoms with Crippen LogP contribution in [0.1, 0.15) is 11.1 Å². The first-order chi connectivity index (χ1) is 9.74. The van der Waals surface area contributed by atoms with E-state index in [0.717, 1.165) is 22.6 Å². The summed E-state index contributed by atoms with van der Waals surface area (Å²) < 4.78 is 23.9. The average molecular weight is 294 g/mol. The summed E-state index contributed by atoms with van der Waals surface area (Å²) in [5.74, 6) is 1.13. The van der Waals surface area contributed by atoms with Crippen molar-refractivity contribution in [2.45, 2.75) is 13.1 Å². The Morgan fingerprint density at radius 3 is 2.85 bits per heavy atom. The van der Waals surface area contributed by atoms with E-state index in [1.165, 1.54) is 6.07 Å². The standard InChI is InChI=1S/C15H13ClFNO2/c16-15-11(2-1-3-12(15)17)8-18-7-10-4-5-13-14(6-10)20-9-19-13/h1-6,18H,7-9H2. The molecule has 0 amide bonds. The van der Waals surface area contributed by atoms with Gasteiger partial charge in [-0.1, -0.05) is 29.8 Å². The lowest BCUT2D eigenvalue weighted by atomic mass is 10.2. The molecule has 104 valence electrons. The predicted molar refractivity (Wildman–Crippen MR) is 74.5 cm³/mol. The van der Waals surface area contributed by atoms with Crippen molar-refractivity contribution in [3.63, 3.8) is 0 Å². The number of halogens is 2. The Hall–Kier alpha value is -1.78. The van der Waals surface area contributed by atoms with Gasteiger partial charge in [-0.05, 0) is 29.3 Å². The molecular formula is C15H13ClFNO2. The van der Waals surface area contributed by atoms with Crippen LogP contribution in [0, 0.1) is 5.82 Å². The van der Waals surface area contributed by atoms with Gasteiger partial charge in [0.1, 0.15) is 5.82 Å². The van der Waals surface area contributed by atoms with Gasteiger partial charge in [0, 0.05) is 13.1 Å². The second-order valence-corrected chi connectivity index (χ2v) is 4.88. The number of ether oxygens (including phenoxy) is 2. The molecule has 3 rings (SSSR count). The summed E-state index contributed by atoms with van der Waals surface area (Å²) in [5.41, 5.74) is 1.81. The Kier molecular flexibility index (Phi) is 3.76. The molecule has 0 aromatic heterocycles. The van der Waals surface area contributed by atoms with Gasteiger partial charge in [0.25, 0.3) is 0 Å². The molecule has 20 heavy (non-hydrogen) atoms. The summed E-state index contributed by atoms with van der Waals surface area (Å²) in [4.78, 5) is 0. The summed E-state index contributed by atoms with van der Waals surface area (Å²) >= 11 is 5.90. The molecule has 0 saturated heterocycles. The molecule has 1 heterocycles. The highest BCUT2D eigenvalue weighted by molar-refractivity contribution is 6.31. The number of fused-ring (bicyclic) bond motifs is 1. The van der Waals surface area contributed by atoms with E-state index in [4.69, 9.17) is 21.1 Å². The molecule has 0 atom stereocenters. The maximum Gasteiger partial charge on any atom is 0.231 e. The molecular weight excluding hydrogens is 281 g/mol. The number of hydrogen-bond donors (Lipinski definition) is 1. The van der Waals surface area contributed by atoms with Crippen LogP contribution in [0.15, 0.2) is 36.4 Å². The summed E-state index contributed by atoms with van der Waals surface area (Å²) in [6.07, 6.45) is 0. The van der Waals surface area contributed by atoms with Crippen molar-refractivity contribution in [2.75, 3.05) is 6.79 Å². The van der Waals surface area contributed by atoms with Crippen LogP contribution in [0.5, 0.6) is 11.5 Å². The van der Waals surface area contributed by atoms with Crippen molar-refractivity contribution in [3.05, 3.63) is 58.4 Å². The topological polar surface area (TPSA) is 30.5 Å². The minimum absolute atomic E-state index is 0.172. The van der Waals surface area contributed by atoms with Gasteiger partial charge >= 0.3 is 0 Å². The molecule has 0 bridgehead atoms. The number of rotatable bonds is 4. The zero-order valence-corrected chi connectivity index (χ0v) is 11.4. The van der Waals surface area contributed by atoms with E-state index < -0.39 is 5.82 Å². The molecule has 0 radical (unpaired) electrons. The van der Waals surface area contributed by atoms with Crippen LogP contribution >= 0.6 is 11.6 Å². The zero-order valence-electron chi connectivity index (χ0n) is 10.7. The van der Waals surface area contributed by atoms with E-state index in [-0.39, 0.29) is 11.8 Å². The minimum atomic E-state index is -0.394. The first-order valence-corrected chi connectivity index (χ1v) is 6.64. The second kappa shape index (κ2) is 5.69. The van der Waals surface area contributed by atoms with Gasteiger partial charge in [0.2, 0.25) is 6.79 Å². The number of nitrogens with one attached hydrogen (secondary N) is 1. The molecule has 1 aliphatic heterocycles. The van der Waals surface area contributed by atoms with Gasteiger partial charge in [-0.3, -0.25) is 0 Å². The van der Waals surface area contributed by atoms with Gasteiger partial charge < -0.3 is 14.8 Å². The quantitative estimate of drug-likeness (QED) is 0.936. The Labute approximate surface area is 121 Å². The van der Waals surface area contributed by atoms with E-state index in [1.54, 1.807) is 12.1 Å². The molecule has 5 heteroatoms. The van der Waals surface area contributed by atoms with Gasteiger partial charge in [-0.2, -0.15) is 0 Å². The highest BCUT2D eigenvalue weighted by Gasteiger charge is 2.13. The van der Waals surface area contributed by atoms with E-state index in [1.807, 2.05) is 18.2 Å². The normalized spacial score (nSPS) is 12.7. The van der Waals surface area contributed by atoms with E-state index >= 15 is 0 Å². The van der Waals surface area contributed by atoms with Crippen LogP contribution in [0.25, 0.3) is 0 Å². The van der Waals surface area contributed by atoms with Crippen molar-refractivity contribution < 1.29 is 13.9 Å². The van der Waals surface area contributed by atoms with Crippen LogP contribution in [0.4, 0.5) is 4.39 Å². The molecule has 0 saturated carbocycles. The van der Waals surface area contributed by atoms with Crippen LogP contribution in [0.2, 0.25) is 5.02 Å². The Morgan fingerprint density at radius 2 is 1.95 bits per heavy atom. The zero-order chi connectivity index (χ0) is 13.9. The number of benzene rings is 2. The average Bonchev–Trinajstić information content (AvgIpc) is 2.91. The van der Waals surface area contributed by atoms with Crippen LogP contribution in [-0.4, -0.2) is 6.79 Å². The summed E-state index contributed by atoms with van der Waals surface area (Å²) in [5, 5.41) is 3.40. The molecule has 2 aromatic carbocycles. The SMILES string of the molecule is Fc1cccc(CNCc2ccc3c(c2)OCO3)c1Cl. The fraction of sp³-hybridized carbons (Fsp3) is 0.200.